The molecule has 0 saturated carbocycles. The maximum atomic E-state index is 11.6. The number of aryl methyl sites for hydroxylation is 1. The molecule has 1 aromatic heterocycles. The molecule has 3 N–H and O–H groups in total. The van der Waals surface area contributed by atoms with E-state index in [1.807, 2.05) is 0 Å². The predicted octanol–water partition coefficient (Wildman–Crippen LogP) is -0.120. The molecular weight excluding hydrogens is 252 g/mol. The summed E-state index contributed by atoms with van der Waals surface area (Å²) in [6.07, 6.45) is 2.79. The zero-order chi connectivity index (χ0) is 14.4. The van der Waals surface area contributed by atoms with Crippen molar-refractivity contribution in [1.82, 2.24) is 20.4 Å². The molecule has 2 unspecified atom stereocenters. The van der Waals surface area contributed by atoms with E-state index in [0.717, 1.165) is 0 Å². The molecule has 19 heavy (non-hydrogen) atoms. The summed E-state index contributed by atoms with van der Waals surface area (Å²) in [5.41, 5.74) is 0.407. The number of aromatic nitrogens is 2. The zero-order valence-corrected chi connectivity index (χ0v) is 11.1. The normalized spacial score (nSPS) is 13.6. The number of methoxy groups -OCH3 is 1. The van der Waals surface area contributed by atoms with Crippen LogP contribution in [0.25, 0.3) is 0 Å². The largest absolute Gasteiger partial charge is 0.479 e. The van der Waals surface area contributed by atoms with Gasteiger partial charge < -0.3 is 20.5 Å². The highest BCUT2D eigenvalue weighted by atomic mass is 16.5. The van der Waals surface area contributed by atoms with Crippen molar-refractivity contribution in [3.05, 3.63) is 18.0 Å². The summed E-state index contributed by atoms with van der Waals surface area (Å²) >= 11 is 0. The monoisotopic (exact) mass is 270 g/mol. The fourth-order valence-electron chi connectivity index (χ4n) is 1.38. The highest BCUT2D eigenvalue weighted by molar-refractivity contribution is 5.83. The molecule has 0 aliphatic carbocycles. The first-order valence-electron chi connectivity index (χ1n) is 5.72. The van der Waals surface area contributed by atoms with Crippen LogP contribution in [0.1, 0.15) is 18.5 Å². The summed E-state index contributed by atoms with van der Waals surface area (Å²) in [5.74, 6) is -1.15. The second-order valence-electron chi connectivity index (χ2n) is 4.12. The van der Waals surface area contributed by atoms with Crippen LogP contribution in [0.15, 0.2) is 12.4 Å². The maximum absolute atomic E-state index is 11.6. The molecule has 0 spiro atoms. The van der Waals surface area contributed by atoms with E-state index >= 15 is 0 Å². The molecular formula is C11H18N4O4. The molecule has 106 valence electrons. The minimum absolute atomic E-state index is 0.146. The Morgan fingerprint density at radius 2 is 2.26 bits per heavy atom. The average Bonchev–Trinajstić information content (AvgIpc) is 2.78. The summed E-state index contributed by atoms with van der Waals surface area (Å²) in [6.45, 7) is 2.08. The van der Waals surface area contributed by atoms with Gasteiger partial charge in [-0.15, -0.1) is 0 Å². The second kappa shape index (κ2) is 6.74. The van der Waals surface area contributed by atoms with Gasteiger partial charge in [-0.1, -0.05) is 0 Å². The molecule has 2 amide bonds. The third kappa shape index (κ3) is 4.59. The number of amides is 2. The maximum Gasteiger partial charge on any atom is 0.331 e. The minimum Gasteiger partial charge on any atom is -0.479 e. The van der Waals surface area contributed by atoms with Crippen LogP contribution in [-0.2, 0) is 16.6 Å². The van der Waals surface area contributed by atoms with Gasteiger partial charge in [-0.3, -0.25) is 4.68 Å². The molecule has 1 aromatic rings. The molecule has 0 aliphatic rings. The van der Waals surface area contributed by atoms with Crippen LogP contribution in [0.4, 0.5) is 4.79 Å². The number of rotatable bonds is 6. The lowest BCUT2D eigenvalue weighted by molar-refractivity contribution is -0.139. The first-order chi connectivity index (χ1) is 8.93. The van der Waals surface area contributed by atoms with Gasteiger partial charge in [0.05, 0.1) is 12.3 Å². The molecule has 0 fully saturated rings. The molecule has 8 nitrogen and oxygen atoms in total. The number of nitrogens with zero attached hydrogens (tertiary/aromatic N) is 2. The highest BCUT2D eigenvalue weighted by Gasteiger charge is 2.23. The molecule has 2 atom stereocenters. The number of carboxylic acids is 1. The van der Waals surface area contributed by atoms with E-state index in [2.05, 4.69) is 15.7 Å². The molecule has 0 radical (unpaired) electrons. The molecule has 8 heteroatoms. The van der Waals surface area contributed by atoms with Gasteiger partial charge >= 0.3 is 12.0 Å². The van der Waals surface area contributed by atoms with Crippen molar-refractivity contribution in [2.45, 2.75) is 19.1 Å². The van der Waals surface area contributed by atoms with E-state index in [-0.39, 0.29) is 6.10 Å². The molecule has 0 aromatic carbocycles. The minimum atomic E-state index is -1.15. The number of ether oxygens (including phenoxy) is 1. The van der Waals surface area contributed by atoms with Crippen LogP contribution in [0.5, 0.6) is 0 Å². The van der Waals surface area contributed by atoms with Gasteiger partial charge in [0, 0.05) is 32.5 Å². The number of nitrogens with one attached hydrogen (secondary N) is 2. The summed E-state index contributed by atoms with van der Waals surface area (Å²) in [7, 11) is 3.20. The Kier molecular flexibility index (Phi) is 5.31. The van der Waals surface area contributed by atoms with Gasteiger partial charge in [-0.25, -0.2) is 9.59 Å². The highest BCUT2D eigenvalue weighted by Crippen LogP contribution is 2.11. The standard InChI is InChI=1S/C11H18N4O4/c1-7(19-3)4-12-11(18)14-9(10(16)17)8-5-13-15(2)6-8/h5-7,9H,4H2,1-3H3,(H,16,17)(H2,12,14,18). The number of urea groups is 1. The van der Waals surface area contributed by atoms with Crippen molar-refractivity contribution < 1.29 is 19.4 Å². The first kappa shape index (κ1) is 15.0. The Balaban J connectivity index is 2.60. The third-order valence-electron chi connectivity index (χ3n) is 2.53. The van der Waals surface area contributed by atoms with Crippen LogP contribution in [0, 0.1) is 0 Å². The SMILES string of the molecule is COC(C)CNC(=O)NC(C(=O)O)c1cnn(C)c1. The van der Waals surface area contributed by atoms with Crippen LogP contribution in [0.2, 0.25) is 0 Å². The Labute approximate surface area is 110 Å². The van der Waals surface area contributed by atoms with Crippen molar-refractivity contribution in [3.63, 3.8) is 0 Å². The Hall–Kier alpha value is -2.09. The fraction of sp³-hybridized carbons (Fsp3) is 0.545. The molecule has 0 bridgehead atoms. The van der Waals surface area contributed by atoms with Crippen molar-refractivity contribution in [3.8, 4) is 0 Å². The average molecular weight is 270 g/mol. The quantitative estimate of drug-likeness (QED) is 0.668. The molecule has 0 saturated heterocycles. The summed E-state index contributed by atoms with van der Waals surface area (Å²) in [4.78, 5) is 22.7. The number of carbonyl (C=O) groups excluding carboxylic acids is 1. The van der Waals surface area contributed by atoms with Gasteiger partial charge in [-0.05, 0) is 6.92 Å². The van der Waals surface area contributed by atoms with Gasteiger partial charge in [0.15, 0.2) is 6.04 Å². The van der Waals surface area contributed by atoms with E-state index < -0.39 is 18.0 Å². The zero-order valence-electron chi connectivity index (χ0n) is 11.1. The summed E-state index contributed by atoms with van der Waals surface area (Å²) < 4.78 is 6.44. The van der Waals surface area contributed by atoms with E-state index in [1.165, 1.54) is 24.2 Å². The van der Waals surface area contributed by atoms with Gasteiger partial charge in [0.25, 0.3) is 0 Å². The van der Waals surface area contributed by atoms with Gasteiger partial charge in [-0.2, -0.15) is 5.10 Å². The van der Waals surface area contributed by atoms with Crippen molar-refractivity contribution >= 4 is 12.0 Å². The number of hydrogen-bond acceptors (Lipinski definition) is 4. The van der Waals surface area contributed by atoms with E-state index in [0.29, 0.717) is 12.1 Å². The topological polar surface area (TPSA) is 105 Å². The first-order valence-corrected chi connectivity index (χ1v) is 5.72. The number of carboxylic acid groups (broad SMARTS) is 1. The lowest BCUT2D eigenvalue weighted by Gasteiger charge is -2.15. The van der Waals surface area contributed by atoms with Crippen molar-refractivity contribution in [2.24, 2.45) is 7.05 Å². The van der Waals surface area contributed by atoms with Crippen molar-refractivity contribution in [1.29, 1.82) is 0 Å². The van der Waals surface area contributed by atoms with Crippen LogP contribution in [0.3, 0.4) is 0 Å². The van der Waals surface area contributed by atoms with Crippen LogP contribution < -0.4 is 10.6 Å². The second-order valence-corrected chi connectivity index (χ2v) is 4.12. The van der Waals surface area contributed by atoms with E-state index in [1.54, 1.807) is 14.0 Å². The third-order valence-corrected chi connectivity index (χ3v) is 2.53. The lowest BCUT2D eigenvalue weighted by Crippen LogP contribution is -2.43. The number of aliphatic carboxylic acids is 1. The van der Waals surface area contributed by atoms with Crippen LogP contribution >= 0.6 is 0 Å². The van der Waals surface area contributed by atoms with Crippen LogP contribution in [-0.4, -0.2) is 46.6 Å². The lowest BCUT2D eigenvalue weighted by atomic mass is 10.1. The molecule has 0 aliphatic heterocycles. The summed E-state index contributed by atoms with van der Waals surface area (Å²) in [6, 6.07) is -1.70. The van der Waals surface area contributed by atoms with Crippen molar-refractivity contribution in [2.75, 3.05) is 13.7 Å². The fourth-order valence-corrected chi connectivity index (χ4v) is 1.38. The smallest absolute Gasteiger partial charge is 0.331 e. The Bertz CT molecular complexity index is 446. The summed E-state index contributed by atoms with van der Waals surface area (Å²) in [5, 5.41) is 17.9. The van der Waals surface area contributed by atoms with Gasteiger partial charge in [0.1, 0.15) is 0 Å². The predicted molar refractivity (Wildman–Crippen MR) is 66.6 cm³/mol. The van der Waals surface area contributed by atoms with E-state index in [4.69, 9.17) is 9.84 Å². The Morgan fingerprint density at radius 3 is 2.74 bits per heavy atom. The molecule has 1 heterocycles. The van der Waals surface area contributed by atoms with E-state index in [9.17, 15) is 9.59 Å². The number of carbonyl (C=O) groups is 2. The number of hydrogen-bond donors (Lipinski definition) is 3. The van der Waals surface area contributed by atoms with Gasteiger partial charge in [0.2, 0.25) is 0 Å². The molecule has 1 rings (SSSR count). The Morgan fingerprint density at radius 1 is 1.58 bits per heavy atom.